The molecule has 0 aromatic rings. The molecule has 0 spiro atoms. The van der Waals surface area contributed by atoms with Gasteiger partial charge in [-0.2, -0.15) is 0 Å². The molecule has 146 valence electrons. The summed E-state index contributed by atoms with van der Waals surface area (Å²) < 4.78 is 0. The summed E-state index contributed by atoms with van der Waals surface area (Å²) in [7, 11) is 9.87. The van der Waals surface area contributed by atoms with Crippen molar-refractivity contribution in [3.05, 3.63) is 14.9 Å². The molecule has 0 aliphatic heterocycles. The molecule has 2 atom stereocenters. The van der Waals surface area contributed by atoms with Crippen LogP contribution in [0, 0.1) is 32.6 Å². The topological polar surface area (TPSA) is 0 Å². The van der Waals surface area contributed by atoms with Gasteiger partial charge in [0, 0.05) is 0 Å². The Morgan fingerprint density at radius 1 is 0.792 bits per heavy atom. The normalized spacial score (nSPS) is 22.0. The molecule has 0 saturated heterocycles. The molecule has 0 N–H and O–H groups in total. The van der Waals surface area contributed by atoms with Gasteiger partial charge in [0.1, 0.15) is 0 Å². The van der Waals surface area contributed by atoms with Crippen LogP contribution in [0.3, 0.4) is 0 Å². The standard InChI is InChI=1S/C10H20.C9H18.2CH3.2ClH.Zr/c1-3-4-5-10-7-6-9(2)8-10;1-2-3-6-9-7-4-5-8-9;;;;;/h9-10H,3-8H2,1-2H3;9H,2-8H2,1H3;2*1H3;2*1H;/q;;2*-1;;;+4/p-2. The fourth-order valence-electron chi connectivity index (χ4n) is 3.87. The van der Waals surface area contributed by atoms with Crippen molar-refractivity contribution in [2.45, 2.75) is 104 Å². The summed E-state index contributed by atoms with van der Waals surface area (Å²) in [6.07, 6.45) is 19.3. The summed E-state index contributed by atoms with van der Waals surface area (Å²) in [5.41, 5.74) is 0. The van der Waals surface area contributed by atoms with E-state index in [1.165, 1.54) is 83.5 Å². The van der Waals surface area contributed by atoms with E-state index >= 15 is 0 Å². The molecule has 2 aliphatic carbocycles. The zero-order valence-corrected chi connectivity index (χ0v) is 21.2. The van der Waals surface area contributed by atoms with Crippen LogP contribution >= 0.6 is 17.0 Å². The Morgan fingerprint density at radius 2 is 1.25 bits per heavy atom. The van der Waals surface area contributed by atoms with E-state index in [-0.39, 0.29) is 14.9 Å². The number of halogens is 2. The SMILES string of the molecule is CCCCC1CCC(C)C1.CCCCC1CCCC1.[CH3-].[CH3-].[Cl][Zr+2][Cl]. The molecule has 0 radical (unpaired) electrons. The molecule has 2 rings (SSSR count). The minimum absolute atomic E-state index is 0. The number of unbranched alkanes of at least 4 members (excludes halogenated alkanes) is 2. The Balaban J connectivity index is -0.000000296. The Hall–Kier alpha value is 1.46. The van der Waals surface area contributed by atoms with Gasteiger partial charge >= 0.3 is 37.9 Å². The third-order valence-electron chi connectivity index (χ3n) is 5.21. The number of hydrogen-bond acceptors (Lipinski definition) is 0. The van der Waals surface area contributed by atoms with Crippen LogP contribution in [0.5, 0.6) is 0 Å². The minimum atomic E-state index is -0.826. The third kappa shape index (κ3) is 18.3. The average molecular weight is 459 g/mol. The van der Waals surface area contributed by atoms with Crippen LogP contribution in [0.4, 0.5) is 0 Å². The Kier molecular flexibility index (Phi) is 28.3. The van der Waals surface area contributed by atoms with Crippen molar-refractivity contribution < 1.29 is 20.8 Å². The van der Waals surface area contributed by atoms with Gasteiger partial charge in [0.25, 0.3) is 0 Å². The monoisotopic (exact) mass is 456 g/mol. The van der Waals surface area contributed by atoms with Gasteiger partial charge in [0.2, 0.25) is 0 Å². The second-order valence-electron chi connectivity index (χ2n) is 7.29. The quantitative estimate of drug-likeness (QED) is 0.348. The molecule has 2 aliphatic rings. The number of hydrogen-bond donors (Lipinski definition) is 0. The molecular weight excluding hydrogens is 414 g/mol. The summed E-state index contributed by atoms with van der Waals surface area (Å²) in [6, 6.07) is 0. The summed E-state index contributed by atoms with van der Waals surface area (Å²) in [4.78, 5) is 0. The van der Waals surface area contributed by atoms with E-state index in [2.05, 4.69) is 20.8 Å². The molecular formula is C21H44Cl2Zr. The number of rotatable bonds is 6. The molecule has 0 aromatic heterocycles. The van der Waals surface area contributed by atoms with Gasteiger partial charge in [-0.3, -0.25) is 0 Å². The first-order valence-corrected chi connectivity index (χ1v) is 16.0. The first-order chi connectivity index (χ1) is 10.7. The van der Waals surface area contributed by atoms with Gasteiger partial charge in [-0.15, -0.1) is 0 Å². The molecule has 0 amide bonds. The zero-order valence-electron chi connectivity index (χ0n) is 17.2. The fourth-order valence-corrected chi connectivity index (χ4v) is 3.87. The van der Waals surface area contributed by atoms with Crippen LogP contribution < -0.4 is 0 Å². The Labute approximate surface area is 173 Å². The van der Waals surface area contributed by atoms with Crippen molar-refractivity contribution in [2.24, 2.45) is 17.8 Å². The molecule has 0 bridgehead atoms. The van der Waals surface area contributed by atoms with Crippen molar-refractivity contribution in [2.75, 3.05) is 0 Å². The summed E-state index contributed by atoms with van der Waals surface area (Å²) >= 11 is -0.826. The van der Waals surface area contributed by atoms with Crippen molar-refractivity contribution >= 4 is 17.0 Å². The van der Waals surface area contributed by atoms with E-state index in [1.54, 1.807) is 0 Å². The third-order valence-corrected chi connectivity index (χ3v) is 5.21. The molecule has 2 unspecified atom stereocenters. The van der Waals surface area contributed by atoms with E-state index in [0.29, 0.717) is 0 Å². The second-order valence-corrected chi connectivity index (χ2v) is 11.0. The first kappa shape index (κ1) is 30.2. The van der Waals surface area contributed by atoms with E-state index in [9.17, 15) is 0 Å². The Bertz CT molecular complexity index is 218. The van der Waals surface area contributed by atoms with E-state index < -0.39 is 20.8 Å². The van der Waals surface area contributed by atoms with Gasteiger partial charge in [-0.25, -0.2) is 0 Å². The maximum absolute atomic E-state index is 4.93. The van der Waals surface area contributed by atoms with Crippen LogP contribution in [-0.4, -0.2) is 0 Å². The van der Waals surface area contributed by atoms with Crippen molar-refractivity contribution in [3.63, 3.8) is 0 Å². The van der Waals surface area contributed by atoms with Gasteiger partial charge < -0.3 is 14.9 Å². The second kappa shape index (κ2) is 22.5. The van der Waals surface area contributed by atoms with Crippen LogP contribution in [0.1, 0.15) is 104 Å². The van der Waals surface area contributed by atoms with Crippen LogP contribution in [-0.2, 0) is 20.8 Å². The summed E-state index contributed by atoms with van der Waals surface area (Å²) in [6.45, 7) is 6.97. The van der Waals surface area contributed by atoms with Crippen LogP contribution in [0.2, 0.25) is 0 Å². The van der Waals surface area contributed by atoms with E-state index in [0.717, 1.165) is 17.8 Å². The Morgan fingerprint density at radius 3 is 1.62 bits per heavy atom. The molecule has 2 fully saturated rings. The van der Waals surface area contributed by atoms with Gasteiger partial charge in [0.15, 0.2) is 0 Å². The summed E-state index contributed by atoms with van der Waals surface area (Å²) in [5, 5.41) is 0. The molecule has 0 aromatic carbocycles. The molecule has 0 nitrogen and oxygen atoms in total. The van der Waals surface area contributed by atoms with Crippen molar-refractivity contribution in [3.8, 4) is 0 Å². The maximum atomic E-state index is 4.93. The predicted octanol–water partition coefficient (Wildman–Crippen LogP) is 9.26. The van der Waals surface area contributed by atoms with Gasteiger partial charge in [0.05, 0.1) is 0 Å². The molecule has 2 saturated carbocycles. The molecule has 24 heavy (non-hydrogen) atoms. The fraction of sp³-hybridized carbons (Fsp3) is 0.905. The average Bonchev–Trinajstić information content (AvgIpc) is 3.16. The van der Waals surface area contributed by atoms with Crippen molar-refractivity contribution in [1.29, 1.82) is 0 Å². The zero-order chi connectivity index (χ0) is 16.6. The first-order valence-electron chi connectivity index (χ1n) is 9.64. The predicted molar refractivity (Wildman–Crippen MR) is 112 cm³/mol. The van der Waals surface area contributed by atoms with Crippen molar-refractivity contribution in [1.82, 2.24) is 0 Å². The van der Waals surface area contributed by atoms with E-state index in [4.69, 9.17) is 17.0 Å². The molecule has 3 heteroatoms. The van der Waals surface area contributed by atoms with Crippen LogP contribution in [0.15, 0.2) is 0 Å². The molecule has 0 heterocycles. The van der Waals surface area contributed by atoms with Gasteiger partial charge in [-0.1, -0.05) is 97.8 Å². The van der Waals surface area contributed by atoms with Crippen LogP contribution in [0.25, 0.3) is 0 Å². The van der Waals surface area contributed by atoms with E-state index in [1.807, 2.05) is 0 Å². The van der Waals surface area contributed by atoms with Gasteiger partial charge in [-0.05, 0) is 24.2 Å². The summed E-state index contributed by atoms with van der Waals surface area (Å²) in [5.74, 6) is 3.24.